The summed E-state index contributed by atoms with van der Waals surface area (Å²) in [5, 5.41) is 10.8. The van der Waals surface area contributed by atoms with E-state index in [1.54, 1.807) is 7.11 Å². The largest absolute Gasteiger partial charge is 0.506 e. The highest BCUT2D eigenvalue weighted by Gasteiger charge is 2.13. The maximum Gasteiger partial charge on any atom is 0.252 e. The normalized spacial score (nSPS) is 11.2. The van der Waals surface area contributed by atoms with E-state index in [9.17, 15) is 9.90 Å². The molecule has 0 aliphatic carbocycles. The molecule has 0 unspecified atom stereocenters. The summed E-state index contributed by atoms with van der Waals surface area (Å²) >= 11 is 1.35. The lowest BCUT2D eigenvalue weighted by molar-refractivity contribution is 0.416. The number of nitrogens with one attached hydrogen (secondary N) is 1. The van der Waals surface area contributed by atoms with Crippen molar-refractivity contribution in [3.8, 4) is 22.8 Å². The number of nitrogens with zero attached hydrogens (tertiary/aromatic N) is 1. The van der Waals surface area contributed by atoms with Crippen molar-refractivity contribution < 1.29 is 9.84 Å². The van der Waals surface area contributed by atoms with E-state index in [2.05, 4.69) is 9.97 Å². The van der Waals surface area contributed by atoms with Crippen LogP contribution < -0.4 is 10.3 Å². The fraction of sp³-hybridized carbons (Fsp3) is 0.0588. The van der Waals surface area contributed by atoms with Crippen molar-refractivity contribution in [1.29, 1.82) is 0 Å². The van der Waals surface area contributed by atoms with Gasteiger partial charge >= 0.3 is 0 Å². The van der Waals surface area contributed by atoms with Crippen molar-refractivity contribution in [2.24, 2.45) is 0 Å². The Morgan fingerprint density at radius 2 is 2.04 bits per heavy atom. The highest BCUT2D eigenvalue weighted by molar-refractivity contribution is 7.25. The van der Waals surface area contributed by atoms with Gasteiger partial charge in [-0.25, -0.2) is 4.98 Å². The second-order valence-electron chi connectivity index (χ2n) is 5.07. The van der Waals surface area contributed by atoms with Gasteiger partial charge in [0.1, 0.15) is 16.3 Å². The van der Waals surface area contributed by atoms with Crippen molar-refractivity contribution in [3.63, 3.8) is 0 Å². The van der Waals surface area contributed by atoms with Crippen LogP contribution in [0.15, 0.2) is 47.3 Å². The van der Waals surface area contributed by atoms with Gasteiger partial charge in [0.15, 0.2) is 0 Å². The molecule has 0 radical (unpaired) electrons. The number of aromatic amines is 1. The van der Waals surface area contributed by atoms with Gasteiger partial charge in [-0.1, -0.05) is 12.1 Å². The van der Waals surface area contributed by atoms with Crippen LogP contribution in [0.1, 0.15) is 0 Å². The Kier molecular flexibility index (Phi) is 3.06. The molecule has 3 aromatic heterocycles. The van der Waals surface area contributed by atoms with E-state index in [4.69, 9.17) is 4.74 Å². The predicted molar refractivity (Wildman–Crippen MR) is 91.4 cm³/mol. The number of ether oxygens (including phenoxy) is 1. The minimum absolute atomic E-state index is 0.0226. The number of H-pyrrole nitrogens is 1. The zero-order chi connectivity index (χ0) is 16.0. The minimum Gasteiger partial charge on any atom is -0.506 e. The molecule has 4 rings (SSSR count). The molecule has 0 saturated heterocycles. The molecule has 0 amide bonds. The van der Waals surface area contributed by atoms with Crippen molar-refractivity contribution in [3.05, 3.63) is 52.8 Å². The quantitative estimate of drug-likeness (QED) is 0.591. The lowest BCUT2D eigenvalue weighted by atomic mass is 10.1. The first-order valence-electron chi connectivity index (χ1n) is 6.96. The molecule has 0 saturated carbocycles. The second kappa shape index (κ2) is 5.10. The molecule has 0 aliphatic heterocycles. The molecule has 0 fully saturated rings. The molecular formula is C17H12N2O3S. The van der Waals surface area contributed by atoms with Gasteiger partial charge < -0.3 is 14.8 Å². The van der Waals surface area contributed by atoms with E-state index in [1.807, 2.05) is 36.4 Å². The van der Waals surface area contributed by atoms with Crippen LogP contribution >= 0.6 is 11.3 Å². The van der Waals surface area contributed by atoms with Gasteiger partial charge in [0.25, 0.3) is 5.56 Å². The summed E-state index contributed by atoms with van der Waals surface area (Å²) in [6, 6.07) is 12.6. The SMILES string of the molecule is COc1ccccc1-c1ccc2c(n1)sc1c(O)cc(=O)[nH]c12. The third kappa shape index (κ3) is 2.15. The smallest absolute Gasteiger partial charge is 0.252 e. The predicted octanol–water partition coefficient (Wildman–Crippen LogP) is 3.52. The highest BCUT2D eigenvalue weighted by Crippen LogP contribution is 2.37. The zero-order valence-corrected chi connectivity index (χ0v) is 13.0. The summed E-state index contributed by atoms with van der Waals surface area (Å²) in [4.78, 5) is 19.8. The standard InChI is InChI=1S/C17H12N2O3S/c1-22-13-5-3-2-4-9(13)11-7-6-10-15-16(23-17(10)18-11)12(20)8-14(21)19-15/h2-8H,1H3,(H2,19,20,21). The second-order valence-corrected chi connectivity index (χ2v) is 6.07. The first-order chi connectivity index (χ1) is 11.2. The minimum atomic E-state index is -0.330. The van der Waals surface area contributed by atoms with Crippen LogP contribution in [-0.2, 0) is 0 Å². The number of aromatic hydroxyl groups is 1. The van der Waals surface area contributed by atoms with Gasteiger partial charge in [-0.15, -0.1) is 11.3 Å². The molecule has 0 spiro atoms. The van der Waals surface area contributed by atoms with Crippen LogP contribution in [0.5, 0.6) is 11.5 Å². The van der Waals surface area contributed by atoms with Crippen LogP contribution in [-0.4, -0.2) is 22.2 Å². The molecule has 2 N–H and O–H groups in total. The van der Waals surface area contributed by atoms with E-state index in [0.29, 0.717) is 10.2 Å². The van der Waals surface area contributed by atoms with Crippen molar-refractivity contribution in [1.82, 2.24) is 9.97 Å². The van der Waals surface area contributed by atoms with Gasteiger partial charge in [-0.3, -0.25) is 4.79 Å². The first kappa shape index (κ1) is 13.8. The molecule has 1 aromatic carbocycles. The van der Waals surface area contributed by atoms with Gasteiger partial charge in [0.05, 0.1) is 23.0 Å². The molecular weight excluding hydrogens is 312 g/mol. The third-order valence-electron chi connectivity index (χ3n) is 3.69. The van der Waals surface area contributed by atoms with E-state index < -0.39 is 0 Å². The van der Waals surface area contributed by atoms with Gasteiger partial charge in [0.2, 0.25) is 0 Å². The molecule has 0 bridgehead atoms. The lowest BCUT2D eigenvalue weighted by Crippen LogP contribution is -2.01. The highest BCUT2D eigenvalue weighted by atomic mass is 32.1. The van der Waals surface area contributed by atoms with Gasteiger partial charge in [-0.05, 0) is 24.3 Å². The van der Waals surface area contributed by atoms with Gasteiger partial charge in [-0.2, -0.15) is 0 Å². The fourth-order valence-electron chi connectivity index (χ4n) is 2.64. The summed E-state index contributed by atoms with van der Waals surface area (Å²) in [5.41, 5.74) is 1.97. The van der Waals surface area contributed by atoms with Crippen molar-refractivity contribution in [2.45, 2.75) is 0 Å². The Morgan fingerprint density at radius 3 is 2.87 bits per heavy atom. The molecule has 4 aromatic rings. The lowest BCUT2D eigenvalue weighted by Gasteiger charge is -2.07. The topological polar surface area (TPSA) is 75.2 Å². The summed E-state index contributed by atoms with van der Waals surface area (Å²) in [6.07, 6.45) is 0. The average Bonchev–Trinajstić information content (AvgIpc) is 2.93. The molecule has 23 heavy (non-hydrogen) atoms. The number of hydrogen-bond acceptors (Lipinski definition) is 5. The van der Waals surface area contributed by atoms with Crippen LogP contribution in [0.3, 0.4) is 0 Å². The van der Waals surface area contributed by atoms with Crippen LogP contribution in [0.4, 0.5) is 0 Å². The van der Waals surface area contributed by atoms with E-state index >= 15 is 0 Å². The van der Waals surface area contributed by atoms with E-state index in [1.165, 1.54) is 17.4 Å². The van der Waals surface area contributed by atoms with Crippen molar-refractivity contribution >= 4 is 31.8 Å². The molecule has 0 atom stereocenters. The Morgan fingerprint density at radius 1 is 1.22 bits per heavy atom. The number of aromatic nitrogens is 2. The number of benzene rings is 1. The van der Waals surface area contributed by atoms with E-state index in [-0.39, 0.29) is 11.3 Å². The zero-order valence-electron chi connectivity index (χ0n) is 12.2. The Balaban J connectivity index is 2.00. The molecule has 114 valence electrons. The Labute approximate surface area is 134 Å². The van der Waals surface area contributed by atoms with Crippen LogP contribution in [0, 0.1) is 0 Å². The summed E-state index contributed by atoms with van der Waals surface area (Å²) in [6.45, 7) is 0. The number of rotatable bonds is 2. The maximum atomic E-state index is 11.6. The number of methoxy groups -OCH3 is 1. The third-order valence-corrected chi connectivity index (χ3v) is 4.81. The van der Waals surface area contributed by atoms with Crippen LogP contribution in [0.25, 0.3) is 31.7 Å². The average molecular weight is 324 g/mol. The summed E-state index contributed by atoms with van der Waals surface area (Å²) in [5.74, 6) is 0.724. The number of pyridine rings is 2. The number of hydrogen-bond donors (Lipinski definition) is 2. The first-order valence-corrected chi connectivity index (χ1v) is 7.78. The fourth-order valence-corrected chi connectivity index (χ4v) is 3.68. The summed E-state index contributed by atoms with van der Waals surface area (Å²) < 4.78 is 6.01. The van der Waals surface area contributed by atoms with Gasteiger partial charge in [0, 0.05) is 17.0 Å². The Bertz CT molecular complexity index is 1100. The molecule has 0 aliphatic rings. The Hall–Kier alpha value is -2.86. The number of thiophene rings is 1. The molecule has 5 nitrogen and oxygen atoms in total. The summed E-state index contributed by atoms with van der Waals surface area (Å²) in [7, 11) is 1.62. The monoisotopic (exact) mass is 324 g/mol. The number of para-hydroxylation sites is 1. The maximum absolute atomic E-state index is 11.6. The molecule has 3 heterocycles. The molecule has 6 heteroatoms. The van der Waals surface area contributed by atoms with Crippen molar-refractivity contribution in [2.75, 3.05) is 7.11 Å². The number of fused-ring (bicyclic) bond motifs is 3. The van der Waals surface area contributed by atoms with Crippen LogP contribution in [0.2, 0.25) is 0 Å². The van der Waals surface area contributed by atoms with E-state index in [0.717, 1.165) is 27.2 Å².